The molecule has 1 heterocycles. The van der Waals surface area contributed by atoms with Crippen molar-refractivity contribution in [1.29, 1.82) is 0 Å². The molecular weight excluding hydrogens is 258 g/mol. The van der Waals surface area contributed by atoms with Crippen molar-refractivity contribution in [2.45, 2.75) is 13.0 Å². The second-order valence-electron chi connectivity index (χ2n) is 4.56. The Morgan fingerprint density at radius 3 is 2.90 bits per heavy atom. The maximum atomic E-state index is 12.0. The molecule has 1 aromatic rings. The number of anilines is 1. The monoisotopic (exact) mass is 273 g/mol. The predicted octanol–water partition coefficient (Wildman–Crippen LogP) is 0.155. The van der Waals surface area contributed by atoms with Crippen LogP contribution >= 0.6 is 0 Å². The minimum Gasteiger partial charge on any atom is -0.399 e. The van der Waals surface area contributed by atoms with E-state index in [1.165, 1.54) is 11.0 Å². The van der Waals surface area contributed by atoms with Crippen LogP contribution in [0.4, 0.5) is 5.69 Å². The molecule has 0 spiro atoms. The zero-order valence-electron chi connectivity index (χ0n) is 11.0. The van der Waals surface area contributed by atoms with Crippen LogP contribution in [0.15, 0.2) is 30.3 Å². The molecule has 0 aromatic heterocycles. The number of hydrogen-bond donors (Lipinski definition) is 2. The summed E-state index contributed by atoms with van der Waals surface area (Å²) in [7, 11) is 0. The van der Waals surface area contributed by atoms with E-state index in [2.05, 4.69) is 5.32 Å². The average Bonchev–Trinajstić information content (AvgIpc) is 2.40. The Morgan fingerprint density at radius 1 is 1.45 bits per heavy atom. The van der Waals surface area contributed by atoms with Crippen molar-refractivity contribution in [2.24, 2.45) is 0 Å². The van der Waals surface area contributed by atoms with Crippen LogP contribution < -0.4 is 11.1 Å². The summed E-state index contributed by atoms with van der Waals surface area (Å²) in [5, 5.41) is 2.18. The van der Waals surface area contributed by atoms with Gasteiger partial charge in [0.15, 0.2) is 0 Å². The molecular formula is C14H15N3O3. The zero-order chi connectivity index (χ0) is 14.7. The zero-order valence-corrected chi connectivity index (χ0v) is 11.0. The molecule has 0 aliphatic carbocycles. The summed E-state index contributed by atoms with van der Waals surface area (Å²) in [6.45, 7) is 1.46. The van der Waals surface area contributed by atoms with Gasteiger partial charge in [-0.05, 0) is 30.7 Å². The second kappa shape index (κ2) is 5.56. The molecule has 6 heteroatoms. The number of nitrogens with two attached hydrogens (primary N) is 1. The summed E-state index contributed by atoms with van der Waals surface area (Å²) in [6.07, 6.45) is 2.93. The van der Waals surface area contributed by atoms with Gasteiger partial charge in [0, 0.05) is 11.8 Å². The average molecular weight is 273 g/mol. The lowest BCUT2D eigenvalue weighted by Crippen LogP contribution is -2.58. The number of nitrogen functional groups attached to an aromatic ring is 1. The topological polar surface area (TPSA) is 92.5 Å². The first kappa shape index (κ1) is 13.8. The first-order valence-electron chi connectivity index (χ1n) is 6.15. The maximum Gasteiger partial charge on any atom is 0.249 e. The van der Waals surface area contributed by atoms with Gasteiger partial charge in [0.05, 0.1) is 0 Å². The quantitative estimate of drug-likeness (QED) is 0.456. The van der Waals surface area contributed by atoms with Gasteiger partial charge < -0.3 is 10.6 Å². The molecule has 20 heavy (non-hydrogen) atoms. The van der Waals surface area contributed by atoms with Crippen molar-refractivity contribution < 1.29 is 14.4 Å². The Kier molecular flexibility index (Phi) is 3.84. The molecule has 104 valence electrons. The Morgan fingerprint density at radius 2 is 2.20 bits per heavy atom. The number of imide groups is 1. The first-order chi connectivity index (χ1) is 9.47. The van der Waals surface area contributed by atoms with Crippen molar-refractivity contribution in [3.8, 4) is 0 Å². The van der Waals surface area contributed by atoms with Gasteiger partial charge in [-0.1, -0.05) is 12.1 Å². The van der Waals surface area contributed by atoms with E-state index in [0.29, 0.717) is 5.69 Å². The largest absolute Gasteiger partial charge is 0.399 e. The number of nitrogens with zero attached hydrogens (tertiary/aromatic N) is 1. The first-order valence-corrected chi connectivity index (χ1v) is 6.15. The molecule has 1 fully saturated rings. The highest BCUT2D eigenvalue weighted by Crippen LogP contribution is 2.10. The van der Waals surface area contributed by atoms with Gasteiger partial charge in [0.1, 0.15) is 12.6 Å². The Bertz CT molecular complexity index is 595. The third-order valence-corrected chi connectivity index (χ3v) is 3.04. The molecule has 1 atom stereocenters. The van der Waals surface area contributed by atoms with Crippen LogP contribution in [-0.4, -0.2) is 35.2 Å². The summed E-state index contributed by atoms with van der Waals surface area (Å²) in [4.78, 5) is 36.0. The minimum absolute atomic E-state index is 0.118. The van der Waals surface area contributed by atoms with E-state index in [1.807, 2.05) is 0 Å². The molecule has 0 saturated carbocycles. The van der Waals surface area contributed by atoms with Gasteiger partial charge in [0.25, 0.3) is 0 Å². The number of rotatable bonds is 2. The number of hydrogen-bond acceptors (Lipinski definition) is 4. The highest BCUT2D eigenvalue weighted by atomic mass is 16.2. The van der Waals surface area contributed by atoms with E-state index in [0.717, 1.165) is 5.56 Å². The molecule has 2 rings (SSSR count). The molecule has 1 unspecified atom stereocenters. The fourth-order valence-corrected chi connectivity index (χ4v) is 1.91. The molecule has 1 aliphatic heterocycles. The van der Waals surface area contributed by atoms with Gasteiger partial charge in [-0.2, -0.15) is 0 Å². The molecule has 1 saturated heterocycles. The number of piperazine rings is 1. The van der Waals surface area contributed by atoms with Crippen molar-refractivity contribution >= 4 is 29.5 Å². The molecule has 6 nitrogen and oxygen atoms in total. The lowest BCUT2D eigenvalue weighted by molar-refractivity contribution is -0.147. The number of nitrogens with one attached hydrogen (secondary N) is 1. The van der Waals surface area contributed by atoms with Crippen LogP contribution in [0.3, 0.4) is 0 Å². The van der Waals surface area contributed by atoms with Crippen LogP contribution in [-0.2, 0) is 14.4 Å². The lowest BCUT2D eigenvalue weighted by Gasteiger charge is -2.30. The third kappa shape index (κ3) is 3.03. The van der Waals surface area contributed by atoms with Crippen LogP contribution in [0.5, 0.6) is 0 Å². The minimum atomic E-state index is -0.661. The standard InChI is InChI=1S/C14H15N3O3/c1-9-14(20)16-12(18)8-17(9)13(19)6-5-10-3-2-4-11(15)7-10/h2-7,9H,8,15H2,1H3,(H,16,18,20)/b6-5+. The maximum absolute atomic E-state index is 12.0. The predicted molar refractivity (Wildman–Crippen MR) is 74.2 cm³/mol. The van der Waals surface area contributed by atoms with Crippen LogP contribution in [0.25, 0.3) is 6.08 Å². The van der Waals surface area contributed by atoms with Crippen molar-refractivity contribution in [3.05, 3.63) is 35.9 Å². The van der Waals surface area contributed by atoms with E-state index < -0.39 is 17.9 Å². The van der Waals surface area contributed by atoms with Gasteiger partial charge in [0.2, 0.25) is 17.7 Å². The summed E-state index contributed by atoms with van der Waals surface area (Å²) < 4.78 is 0. The van der Waals surface area contributed by atoms with Crippen LogP contribution in [0, 0.1) is 0 Å². The Labute approximate surface area is 116 Å². The molecule has 0 radical (unpaired) electrons. The van der Waals surface area contributed by atoms with Crippen molar-refractivity contribution in [1.82, 2.24) is 10.2 Å². The van der Waals surface area contributed by atoms with Crippen LogP contribution in [0.1, 0.15) is 12.5 Å². The normalized spacial score (nSPS) is 19.2. The highest BCUT2D eigenvalue weighted by molar-refractivity contribution is 6.06. The second-order valence-corrected chi connectivity index (χ2v) is 4.56. The number of carbonyl (C=O) groups is 3. The van der Waals surface area contributed by atoms with E-state index >= 15 is 0 Å². The van der Waals surface area contributed by atoms with Gasteiger partial charge in [-0.3, -0.25) is 19.7 Å². The van der Waals surface area contributed by atoms with E-state index in [4.69, 9.17) is 5.73 Å². The summed E-state index contributed by atoms with van der Waals surface area (Å²) in [5.74, 6) is -1.33. The van der Waals surface area contributed by atoms with Gasteiger partial charge in [-0.25, -0.2) is 0 Å². The summed E-state index contributed by atoms with van der Waals surface area (Å²) >= 11 is 0. The van der Waals surface area contributed by atoms with Crippen molar-refractivity contribution in [3.63, 3.8) is 0 Å². The molecule has 1 aromatic carbocycles. The Hall–Kier alpha value is -2.63. The Balaban J connectivity index is 2.11. The SMILES string of the molecule is CC1C(=O)NC(=O)CN1C(=O)/C=C/c1cccc(N)c1. The van der Waals surface area contributed by atoms with E-state index in [-0.39, 0.29) is 12.5 Å². The molecule has 0 bridgehead atoms. The van der Waals surface area contributed by atoms with Gasteiger partial charge >= 0.3 is 0 Å². The number of amides is 3. The lowest BCUT2D eigenvalue weighted by atomic mass is 10.1. The smallest absolute Gasteiger partial charge is 0.249 e. The number of carbonyl (C=O) groups excluding carboxylic acids is 3. The molecule has 3 N–H and O–H groups in total. The van der Waals surface area contributed by atoms with Gasteiger partial charge in [-0.15, -0.1) is 0 Å². The number of benzene rings is 1. The summed E-state index contributed by atoms with van der Waals surface area (Å²) in [6, 6.07) is 6.39. The fourth-order valence-electron chi connectivity index (χ4n) is 1.91. The molecule has 3 amide bonds. The van der Waals surface area contributed by atoms with Crippen molar-refractivity contribution in [2.75, 3.05) is 12.3 Å². The fraction of sp³-hybridized carbons (Fsp3) is 0.214. The van der Waals surface area contributed by atoms with E-state index in [9.17, 15) is 14.4 Å². The third-order valence-electron chi connectivity index (χ3n) is 3.04. The van der Waals surface area contributed by atoms with E-state index in [1.54, 1.807) is 37.3 Å². The van der Waals surface area contributed by atoms with Crippen LogP contribution in [0.2, 0.25) is 0 Å². The highest BCUT2D eigenvalue weighted by Gasteiger charge is 2.32. The summed E-state index contributed by atoms with van der Waals surface area (Å²) in [5.41, 5.74) is 7.01. The molecule has 1 aliphatic rings.